The van der Waals surface area contributed by atoms with Gasteiger partial charge < -0.3 is 10.1 Å². The number of nitrogens with one attached hydrogen (secondary N) is 1. The predicted molar refractivity (Wildman–Crippen MR) is 80.6 cm³/mol. The monoisotopic (exact) mass is 261 g/mol. The Balaban J connectivity index is 2.32. The number of hydrogen-bond donors (Lipinski definition) is 1. The number of benzene rings is 1. The van der Waals surface area contributed by atoms with Crippen molar-refractivity contribution < 1.29 is 4.74 Å². The number of hydrogen-bond acceptors (Lipinski definition) is 2. The van der Waals surface area contributed by atoms with E-state index in [1.807, 2.05) is 0 Å². The Morgan fingerprint density at radius 1 is 1.16 bits per heavy atom. The molecule has 0 bridgehead atoms. The molecule has 1 aromatic carbocycles. The van der Waals surface area contributed by atoms with E-state index in [0.717, 1.165) is 5.75 Å². The molecule has 2 nitrogen and oxygen atoms in total. The van der Waals surface area contributed by atoms with Crippen LogP contribution in [0.4, 0.5) is 0 Å². The van der Waals surface area contributed by atoms with Crippen molar-refractivity contribution in [1.82, 2.24) is 5.32 Å². The summed E-state index contributed by atoms with van der Waals surface area (Å²) in [4.78, 5) is 0. The normalized spacial score (nSPS) is 19.6. The highest BCUT2D eigenvalue weighted by Gasteiger charge is 2.38. The average Bonchev–Trinajstić information content (AvgIpc) is 2.79. The summed E-state index contributed by atoms with van der Waals surface area (Å²) >= 11 is 0. The van der Waals surface area contributed by atoms with Gasteiger partial charge in [-0.05, 0) is 45.2 Å². The third kappa shape index (κ3) is 3.11. The van der Waals surface area contributed by atoms with Crippen molar-refractivity contribution in [3.8, 4) is 5.75 Å². The van der Waals surface area contributed by atoms with Crippen LogP contribution in [0.2, 0.25) is 0 Å². The average molecular weight is 261 g/mol. The van der Waals surface area contributed by atoms with E-state index in [0.29, 0.717) is 11.5 Å². The van der Waals surface area contributed by atoms with Gasteiger partial charge in [0.2, 0.25) is 0 Å². The lowest BCUT2D eigenvalue weighted by Gasteiger charge is -2.35. The molecule has 0 radical (unpaired) electrons. The lowest BCUT2D eigenvalue weighted by Crippen LogP contribution is -2.32. The molecule has 0 aliphatic heterocycles. The van der Waals surface area contributed by atoms with E-state index in [9.17, 15) is 0 Å². The summed E-state index contributed by atoms with van der Waals surface area (Å²) in [5, 5.41) is 3.53. The molecule has 1 fully saturated rings. The van der Waals surface area contributed by atoms with Crippen LogP contribution in [-0.2, 0) is 0 Å². The first-order chi connectivity index (χ1) is 9.07. The lowest BCUT2D eigenvalue weighted by molar-refractivity contribution is 0.208. The van der Waals surface area contributed by atoms with Gasteiger partial charge in [0.1, 0.15) is 5.75 Å². The van der Waals surface area contributed by atoms with Crippen molar-refractivity contribution in [1.29, 1.82) is 0 Å². The summed E-state index contributed by atoms with van der Waals surface area (Å²) < 4.78 is 5.99. The standard InChI is InChI=1S/C17H27NO/c1-13(2)19-15-10-6-5-9-14(15)16(18-4)17(3)11-7-8-12-17/h5-6,9-10,13,16,18H,7-8,11-12H2,1-4H3. The number of ether oxygens (including phenoxy) is 1. The predicted octanol–water partition coefficient (Wildman–Crippen LogP) is 4.31. The van der Waals surface area contributed by atoms with Gasteiger partial charge in [-0.15, -0.1) is 0 Å². The number of rotatable bonds is 5. The Kier molecular flexibility index (Phi) is 4.51. The molecule has 1 atom stereocenters. The van der Waals surface area contributed by atoms with Gasteiger partial charge in [-0.25, -0.2) is 0 Å². The fraction of sp³-hybridized carbons (Fsp3) is 0.647. The van der Waals surface area contributed by atoms with Crippen LogP contribution in [0.5, 0.6) is 5.75 Å². The summed E-state index contributed by atoms with van der Waals surface area (Å²) in [5.74, 6) is 1.03. The summed E-state index contributed by atoms with van der Waals surface area (Å²) in [7, 11) is 2.07. The van der Waals surface area contributed by atoms with Crippen molar-refractivity contribution in [3.05, 3.63) is 29.8 Å². The largest absolute Gasteiger partial charge is 0.491 e. The quantitative estimate of drug-likeness (QED) is 0.852. The second-order valence-electron chi connectivity index (χ2n) is 6.29. The van der Waals surface area contributed by atoms with Crippen molar-refractivity contribution >= 4 is 0 Å². The van der Waals surface area contributed by atoms with Crippen LogP contribution in [0.15, 0.2) is 24.3 Å². The molecule has 1 saturated carbocycles. The molecular weight excluding hydrogens is 234 g/mol. The highest BCUT2D eigenvalue weighted by molar-refractivity contribution is 5.37. The van der Waals surface area contributed by atoms with Gasteiger partial charge in [0, 0.05) is 11.6 Å². The molecule has 1 aromatic rings. The topological polar surface area (TPSA) is 21.3 Å². The molecular formula is C17H27NO. The zero-order valence-corrected chi connectivity index (χ0v) is 12.7. The fourth-order valence-electron chi connectivity index (χ4n) is 3.43. The number of para-hydroxylation sites is 1. The Morgan fingerprint density at radius 2 is 1.79 bits per heavy atom. The van der Waals surface area contributed by atoms with Gasteiger partial charge >= 0.3 is 0 Å². The Morgan fingerprint density at radius 3 is 2.37 bits per heavy atom. The van der Waals surface area contributed by atoms with Crippen LogP contribution in [-0.4, -0.2) is 13.2 Å². The second-order valence-corrected chi connectivity index (χ2v) is 6.29. The van der Waals surface area contributed by atoms with Crippen molar-refractivity contribution in [2.24, 2.45) is 5.41 Å². The first-order valence-electron chi connectivity index (χ1n) is 7.50. The van der Waals surface area contributed by atoms with E-state index in [4.69, 9.17) is 4.74 Å². The molecule has 106 valence electrons. The van der Waals surface area contributed by atoms with E-state index in [2.05, 4.69) is 57.4 Å². The van der Waals surface area contributed by atoms with E-state index >= 15 is 0 Å². The van der Waals surface area contributed by atoms with E-state index in [1.165, 1.54) is 31.2 Å². The molecule has 1 aliphatic rings. The first-order valence-corrected chi connectivity index (χ1v) is 7.50. The highest BCUT2D eigenvalue weighted by atomic mass is 16.5. The molecule has 0 amide bonds. The van der Waals surface area contributed by atoms with E-state index in [-0.39, 0.29) is 6.10 Å². The summed E-state index contributed by atoms with van der Waals surface area (Å²) in [6, 6.07) is 8.86. The summed E-state index contributed by atoms with van der Waals surface area (Å²) in [6.45, 7) is 6.58. The molecule has 19 heavy (non-hydrogen) atoms. The maximum Gasteiger partial charge on any atom is 0.124 e. The minimum absolute atomic E-state index is 0.218. The van der Waals surface area contributed by atoms with Gasteiger partial charge in [-0.1, -0.05) is 38.0 Å². The van der Waals surface area contributed by atoms with Gasteiger partial charge in [-0.3, -0.25) is 0 Å². The van der Waals surface area contributed by atoms with Crippen LogP contribution in [0.1, 0.15) is 58.1 Å². The van der Waals surface area contributed by atoms with Crippen molar-refractivity contribution in [2.45, 2.75) is 58.6 Å². The molecule has 0 spiro atoms. The van der Waals surface area contributed by atoms with Gasteiger partial charge in [-0.2, -0.15) is 0 Å². The molecule has 2 heteroatoms. The first kappa shape index (κ1) is 14.4. The minimum Gasteiger partial charge on any atom is -0.491 e. The third-order valence-corrected chi connectivity index (χ3v) is 4.32. The fourth-order valence-corrected chi connectivity index (χ4v) is 3.43. The minimum atomic E-state index is 0.218. The molecule has 0 aromatic heterocycles. The van der Waals surface area contributed by atoms with E-state index < -0.39 is 0 Å². The zero-order chi connectivity index (χ0) is 13.9. The second kappa shape index (κ2) is 5.96. The van der Waals surface area contributed by atoms with Gasteiger partial charge in [0.15, 0.2) is 0 Å². The van der Waals surface area contributed by atoms with Crippen LogP contribution in [0.3, 0.4) is 0 Å². The van der Waals surface area contributed by atoms with Crippen molar-refractivity contribution in [2.75, 3.05) is 7.05 Å². The lowest BCUT2D eigenvalue weighted by atomic mass is 9.77. The Hall–Kier alpha value is -1.02. The smallest absolute Gasteiger partial charge is 0.124 e. The van der Waals surface area contributed by atoms with Crippen LogP contribution < -0.4 is 10.1 Å². The summed E-state index contributed by atoms with van der Waals surface area (Å²) in [5.41, 5.74) is 1.66. The molecule has 0 saturated heterocycles. The Bertz CT molecular complexity index is 407. The van der Waals surface area contributed by atoms with E-state index in [1.54, 1.807) is 0 Å². The third-order valence-electron chi connectivity index (χ3n) is 4.32. The molecule has 1 unspecified atom stereocenters. The molecule has 0 heterocycles. The molecule has 1 aliphatic carbocycles. The zero-order valence-electron chi connectivity index (χ0n) is 12.7. The van der Waals surface area contributed by atoms with Gasteiger partial charge in [0.25, 0.3) is 0 Å². The van der Waals surface area contributed by atoms with Crippen LogP contribution >= 0.6 is 0 Å². The summed E-state index contributed by atoms with van der Waals surface area (Å²) in [6.07, 6.45) is 5.52. The molecule has 1 N–H and O–H groups in total. The maximum absolute atomic E-state index is 5.99. The van der Waals surface area contributed by atoms with Crippen molar-refractivity contribution in [3.63, 3.8) is 0 Å². The molecule has 2 rings (SSSR count). The SMILES string of the molecule is CNC(c1ccccc1OC(C)C)C1(C)CCCC1. The van der Waals surface area contributed by atoms with Crippen LogP contribution in [0.25, 0.3) is 0 Å². The highest BCUT2D eigenvalue weighted by Crippen LogP contribution is 2.48. The maximum atomic E-state index is 5.99. The Labute approximate surface area is 117 Å². The van der Waals surface area contributed by atoms with Crippen LogP contribution in [0, 0.1) is 5.41 Å². The van der Waals surface area contributed by atoms with Gasteiger partial charge in [0.05, 0.1) is 6.10 Å².